The first-order chi connectivity index (χ1) is 17.3. The first kappa shape index (κ1) is 25.8. The Bertz CT molecular complexity index is 1190. The van der Waals surface area contributed by atoms with Crippen LogP contribution in [0, 0.1) is 12.8 Å². The van der Waals surface area contributed by atoms with Crippen LogP contribution in [0.15, 0.2) is 53.8 Å². The molecule has 0 radical (unpaired) electrons. The van der Waals surface area contributed by atoms with Crippen LogP contribution < -0.4 is 10.2 Å². The van der Waals surface area contributed by atoms with Gasteiger partial charge in [-0.3, -0.25) is 14.6 Å². The summed E-state index contributed by atoms with van der Waals surface area (Å²) in [7, 11) is 2.07. The second-order valence-electron chi connectivity index (χ2n) is 9.76. The molecule has 2 heterocycles. The first-order valence-electron chi connectivity index (χ1n) is 12.5. The molecule has 190 valence electrons. The van der Waals surface area contributed by atoms with Crippen LogP contribution in [0.2, 0.25) is 0 Å². The zero-order chi connectivity index (χ0) is 25.8. The zero-order valence-corrected chi connectivity index (χ0v) is 21.5. The van der Waals surface area contributed by atoms with Crippen molar-refractivity contribution in [3.05, 3.63) is 70.6 Å². The molecule has 1 aromatic carbocycles. The van der Waals surface area contributed by atoms with Crippen LogP contribution in [0.4, 0.5) is 5.69 Å². The molecule has 7 heteroatoms. The molecule has 2 aliphatic rings. The molecular weight excluding hydrogens is 454 g/mol. The molecule has 1 fully saturated rings. The fraction of sp³-hybridized carbons (Fsp3) is 0.414. The fourth-order valence-electron chi connectivity index (χ4n) is 5.03. The van der Waals surface area contributed by atoms with Gasteiger partial charge in [0.1, 0.15) is 0 Å². The number of hydrogen-bond donors (Lipinski definition) is 2. The van der Waals surface area contributed by atoms with Crippen molar-refractivity contribution in [2.45, 2.75) is 46.3 Å². The van der Waals surface area contributed by atoms with Crippen LogP contribution in [-0.2, 0) is 16.1 Å². The number of aliphatic hydroxyl groups is 1. The Labute approximate surface area is 212 Å². The maximum Gasteiger partial charge on any atom is 0.251 e. The molecule has 1 aliphatic heterocycles. The average molecular weight is 490 g/mol. The van der Waals surface area contributed by atoms with Gasteiger partial charge in [0.15, 0.2) is 5.78 Å². The number of aliphatic hydroxyl groups excluding tert-OH is 1. The van der Waals surface area contributed by atoms with Gasteiger partial charge < -0.3 is 20.1 Å². The molecule has 2 aromatic rings. The number of amides is 1. The van der Waals surface area contributed by atoms with Gasteiger partial charge >= 0.3 is 0 Å². The number of ketones is 1. The van der Waals surface area contributed by atoms with Gasteiger partial charge in [0, 0.05) is 55.9 Å². The van der Waals surface area contributed by atoms with Crippen molar-refractivity contribution in [3.63, 3.8) is 0 Å². The summed E-state index contributed by atoms with van der Waals surface area (Å²) < 4.78 is 5.55. The van der Waals surface area contributed by atoms with Crippen LogP contribution in [0.3, 0.4) is 0 Å². The summed E-state index contributed by atoms with van der Waals surface area (Å²) in [5.74, 6) is -0.531. The Morgan fingerprint density at radius 3 is 2.53 bits per heavy atom. The molecule has 0 bridgehead atoms. The van der Waals surface area contributed by atoms with Gasteiger partial charge in [0.05, 0.1) is 18.2 Å². The van der Waals surface area contributed by atoms with Crippen molar-refractivity contribution in [1.29, 1.82) is 0 Å². The van der Waals surface area contributed by atoms with Gasteiger partial charge in [-0.2, -0.15) is 0 Å². The molecular formula is C29H35N3O4. The van der Waals surface area contributed by atoms with Crippen molar-refractivity contribution in [3.8, 4) is 11.1 Å². The number of benzene rings is 1. The van der Waals surface area contributed by atoms with Crippen molar-refractivity contribution in [1.82, 2.24) is 10.3 Å². The number of carbonyl (C=O) groups excluding carboxylic acids is 2. The predicted octanol–water partition coefficient (Wildman–Crippen LogP) is 3.99. The number of nitrogens with zero attached hydrogens (tertiary/aromatic N) is 2. The highest BCUT2D eigenvalue weighted by Crippen LogP contribution is 2.33. The number of nitrogens with one attached hydrogen (secondary N) is 1. The van der Waals surface area contributed by atoms with Gasteiger partial charge in [-0.1, -0.05) is 17.7 Å². The Hall–Kier alpha value is -3.29. The monoisotopic (exact) mass is 489 g/mol. The van der Waals surface area contributed by atoms with E-state index in [-0.39, 0.29) is 30.8 Å². The number of carbonyl (C=O) groups is 2. The number of ether oxygens (including phenoxy) is 1. The molecule has 1 aromatic heterocycles. The lowest BCUT2D eigenvalue weighted by Crippen LogP contribution is -2.38. The summed E-state index contributed by atoms with van der Waals surface area (Å²) in [6, 6.07) is 8.00. The van der Waals surface area contributed by atoms with E-state index in [9.17, 15) is 14.7 Å². The van der Waals surface area contributed by atoms with Crippen LogP contribution >= 0.6 is 0 Å². The molecule has 1 unspecified atom stereocenters. The van der Waals surface area contributed by atoms with Crippen LogP contribution in [0.5, 0.6) is 0 Å². The molecule has 1 amide bonds. The number of allylic oxidation sites excluding steroid dienone is 3. The first-order valence-corrected chi connectivity index (χ1v) is 12.5. The molecule has 2 N–H and O–H groups in total. The van der Waals surface area contributed by atoms with E-state index in [1.54, 1.807) is 18.3 Å². The predicted molar refractivity (Wildman–Crippen MR) is 141 cm³/mol. The molecule has 36 heavy (non-hydrogen) atoms. The highest BCUT2D eigenvalue weighted by Gasteiger charge is 2.26. The van der Waals surface area contributed by atoms with Gasteiger partial charge in [0.2, 0.25) is 0 Å². The molecule has 1 saturated heterocycles. The summed E-state index contributed by atoms with van der Waals surface area (Å²) in [5, 5.41) is 12.4. The van der Waals surface area contributed by atoms with E-state index in [1.165, 1.54) is 0 Å². The Morgan fingerprint density at radius 1 is 1.14 bits per heavy atom. The Morgan fingerprint density at radius 2 is 1.89 bits per heavy atom. The lowest BCUT2D eigenvalue weighted by atomic mass is 9.88. The molecule has 1 atom stereocenters. The quantitative estimate of drug-likeness (QED) is 0.611. The summed E-state index contributed by atoms with van der Waals surface area (Å²) >= 11 is 0. The van der Waals surface area contributed by atoms with Gasteiger partial charge in [-0.25, -0.2) is 0 Å². The van der Waals surface area contributed by atoms with Gasteiger partial charge in [0.25, 0.3) is 5.91 Å². The highest BCUT2D eigenvalue weighted by atomic mass is 16.5. The second kappa shape index (κ2) is 11.2. The number of anilines is 1. The van der Waals surface area contributed by atoms with E-state index in [4.69, 9.17) is 4.74 Å². The topological polar surface area (TPSA) is 91.8 Å². The van der Waals surface area contributed by atoms with Crippen LogP contribution in [0.1, 0.15) is 48.3 Å². The molecule has 7 nitrogen and oxygen atoms in total. The third kappa shape index (κ3) is 5.58. The van der Waals surface area contributed by atoms with E-state index >= 15 is 0 Å². The molecule has 0 spiro atoms. The summed E-state index contributed by atoms with van der Waals surface area (Å²) in [6.07, 6.45) is 7.21. The third-order valence-corrected chi connectivity index (χ3v) is 7.25. The van der Waals surface area contributed by atoms with E-state index in [0.29, 0.717) is 17.3 Å². The second-order valence-corrected chi connectivity index (χ2v) is 9.76. The number of rotatable bonds is 7. The third-order valence-electron chi connectivity index (χ3n) is 7.25. The van der Waals surface area contributed by atoms with Crippen molar-refractivity contribution in [2.24, 2.45) is 5.92 Å². The number of hydrogen-bond acceptors (Lipinski definition) is 6. The number of aromatic nitrogens is 1. The van der Waals surface area contributed by atoms with Crippen molar-refractivity contribution in [2.75, 3.05) is 31.7 Å². The normalized spacial score (nSPS) is 18.5. The minimum Gasteiger partial charge on any atom is -0.390 e. The Kier molecular flexibility index (Phi) is 8.01. The minimum atomic E-state index is -0.347. The molecule has 1 aliphatic carbocycles. The van der Waals surface area contributed by atoms with Gasteiger partial charge in [-0.15, -0.1) is 0 Å². The smallest absolute Gasteiger partial charge is 0.251 e. The Balaban J connectivity index is 1.66. The molecule has 0 saturated carbocycles. The summed E-state index contributed by atoms with van der Waals surface area (Å²) in [5.41, 5.74) is 6.68. The zero-order valence-electron chi connectivity index (χ0n) is 21.5. The average Bonchev–Trinajstić information content (AvgIpc) is 2.88. The largest absolute Gasteiger partial charge is 0.390 e. The standard InChI is InChI=1S/C29H35N3O4/c1-18-11-19(2)26(28(34)12-18)16-31-29(35)25-13-22(21-5-6-23(17-33)30-15-21)14-27(20(25)3)32(4)24-7-9-36-10-8-24/h5-6,11-15,24,26,33H,7-10,16-17H2,1-4H3,(H,31,35). The van der Waals surface area contributed by atoms with Crippen molar-refractivity contribution >= 4 is 17.4 Å². The van der Waals surface area contributed by atoms with E-state index in [2.05, 4.69) is 28.3 Å². The van der Waals surface area contributed by atoms with Crippen LogP contribution in [-0.4, -0.2) is 54.6 Å². The highest BCUT2D eigenvalue weighted by molar-refractivity contribution is 6.00. The van der Waals surface area contributed by atoms with E-state index < -0.39 is 0 Å². The van der Waals surface area contributed by atoms with E-state index in [1.807, 2.05) is 39.0 Å². The maximum atomic E-state index is 13.5. The SMILES string of the molecule is CC1=CC(=O)C(CNC(=O)c2cc(-c3ccc(CO)nc3)cc(N(C)C3CCOCC3)c2C)C(C)=C1. The lowest BCUT2D eigenvalue weighted by Gasteiger charge is -2.34. The summed E-state index contributed by atoms with van der Waals surface area (Å²) in [6.45, 7) is 7.39. The minimum absolute atomic E-state index is 0.0215. The van der Waals surface area contributed by atoms with Gasteiger partial charge in [-0.05, 0) is 74.6 Å². The summed E-state index contributed by atoms with van der Waals surface area (Å²) in [4.78, 5) is 32.6. The number of pyridine rings is 1. The fourth-order valence-corrected chi connectivity index (χ4v) is 5.03. The van der Waals surface area contributed by atoms with Crippen LogP contribution in [0.25, 0.3) is 11.1 Å². The van der Waals surface area contributed by atoms with E-state index in [0.717, 1.165) is 59.6 Å². The lowest BCUT2D eigenvalue weighted by molar-refractivity contribution is -0.117. The maximum absolute atomic E-state index is 13.5. The van der Waals surface area contributed by atoms with Crippen molar-refractivity contribution < 1.29 is 19.4 Å². The molecule has 4 rings (SSSR count).